The van der Waals surface area contributed by atoms with Crippen LogP contribution in [0.4, 0.5) is 11.6 Å². The lowest BCUT2D eigenvalue weighted by Gasteiger charge is -2.26. The number of nitrogens with zero attached hydrogens (tertiary/aromatic N) is 6. The minimum absolute atomic E-state index is 0.564. The molecule has 1 saturated heterocycles. The Hall–Kier alpha value is -3.07. The van der Waals surface area contributed by atoms with Crippen molar-refractivity contribution in [3.05, 3.63) is 88.6 Å². The van der Waals surface area contributed by atoms with Crippen molar-refractivity contribution in [1.29, 1.82) is 0 Å². The van der Waals surface area contributed by atoms with Gasteiger partial charge in [-0.05, 0) is 48.4 Å². The molecule has 1 fully saturated rings. The Balaban J connectivity index is 1.29. The Morgan fingerprint density at radius 2 is 1.74 bits per heavy atom. The first-order valence-corrected chi connectivity index (χ1v) is 13.1. The summed E-state index contributed by atoms with van der Waals surface area (Å²) in [6.07, 6.45) is 4.10. The molecule has 4 heterocycles. The lowest BCUT2D eigenvalue weighted by atomic mass is 10.1. The molecule has 1 N–H and O–H groups in total. The Labute approximate surface area is 214 Å². The largest absolute Gasteiger partial charge is 0.325 e. The minimum atomic E-state index is 0.564. The summed E-state index contributed by atoms with van der Waals surface area (Å²) in [6.45, 7) is 5.03. The highest BCUT2D eigenvalue weighted by atomic mass is 35.5. The summed E-state index contributed by atoms with van der Waals surface area (Å²) in [5.41, 5.74) is 3.95. The van der Waals surface area contributed by atoms with Gasteiger partial charge < -0.3 is 5.32 Å². The SMILES string of the molecule is Cc1cccc(-c2nccc(Nc3ccnc(Cc4ccc(Cl)c(CN5CCSCC5)c4)n3)n2)n1. The third-order valence-corrected chi connectivity index (χ3v) is 7.02. The van der Waals surface area contributed by atoms with Gasteiger partial charge in [0.1, 0.15) is 23.2 Å². The average Bonchev–Trinajstić information content (AvgIpc) is 2.87. The number of aromatic nitrogens is 5. The zero-order chi connectivity index (χ0) is 24.0. The maximum absolute atomic E-state index is 6.51. The molecule has 0 amide bonds. The van der Waals surface area contributed by atoms with E-state index < -0.39 is 0 Å². The van der Waals surface area contributed by atoms with E-state index in [4.69, 9.17) is 16.6 Å². The van der Waals surface area contributed by atoms with Gasteiger partial charge >= 0.3 is 0 Å². The van der Waals surface area contributed by atoms with E-state index in [0.717, 1.165) is 53.0 Å². The normalized spacial score (nSPS) is 14.1. The second kappa shape index (κ2) is 11.1. The van der Waals surface area contributed by atoms with Crippen molar-refractivity contribution in [3.8, 4) is 11.5 Å². The molecule has 7 nitrogen and oxygen atoms in total. The van der Waals surface area contributed by atoms with Crippen molar-refractivity contribution >= 4 is 35.0 Å². The van der Waals surface area contributed by atoms with Crippen LogP contribution in [0.15, 0.2) is 60.9 Å². The molecule has 0 aliphatic carbocycles. The summed E-state index contributed by atoms with van der Waals surface area (Å²) in [7, 11) is 0. The Bertz CT molecular complexity index is 1310. The quantitative estimate of drug-likeness (QED) is 0.370. The van der Waals surface area contributed by atoms with Crippen LogP contribution in [0.25, 0.3) is 11.5 Å². The van der Waals surface area contributed by atoms with E-state index in [9.17, 15) is 0 Å². The van der Waals surface area contributed by atoms with Crippen LogP contribution in [-0.2, 0) is 13.0 Å². The van der Waals surface area contributed by atoms with Gasteiger partial charge in [-0.1, -0.05) is 29.8 Å². The molecule has 3 aromatic heterocycles. The standard InChI is InChI=1S/C26H26ClN7S/c1-18-3-2-4-22(30-18)26-29-10-8-24(33-26)31-23-7-9-28-25(32-23)16-19-5-6-21(27)20(15-19)17-34-11-13-35-14-12-34/h2-10,15H,11-14,16-17H2,1H3,(H,28,29,31,32,33). The van der Waals surface area contributed by atoms with Crippen LogP contribution < -0.4 is 5.32 Å². The van der Waals surface area contributed by atoms with Crippen molar-refractivity contribution in [2.24, 2.45) is 0 Å². The van der Waals surface area contributed by atoms with Gasteiger partial charge in [0.25, 0.3) is 0 Å². The Morgan fingerprint density at radius 3 is 2.57 bits per heavy atom. The van der Waals surface area contributed by atoms with Gasteiger partial charge in [0, 0.05) is 60.7 Å². The highest BCUT2D eigenvalue weighted by Gasteiger charge is 2.13. The van der Waals surface area contributed by atoms with E-state index in [1.54, 1.807) is 12.4 Å². The highest BCUT2D eigenvalue weighted by Crippen LogP contribution is 2.23. The molecule has 1 aromatic carbocycles. The molecule has 35 heavy (non-hydrogen) atoms. The van der Waals surface area contributed by atoms with Crippen molar-refractivity contribution in [2.75, 3.05) is 29.9 Å². The van der Waals surface area contributed by atoms with Crippen LogP contribution in [0, 0.1) is 6.92 Å². The number of hydrogen-bond acceptors (Lipinski definition) is 8. The first-order valence-electron chi connectivity index (χ1n) is 11.6. The smallest absolute Gasteiger partial charge is 0.180 e. The van der Waals surface area contributed by atoms with Gasteiger partial charge in [-0.25, -0.2) is 24.9 Å². The highest BCUT2D eigenvalue weighted by molar-refractivity contribution is 7.99. The molecule has 9 heteroatoms. The van der Waals surface area contributed by atoms with Crippen LogP contribution in [0.5, 0.6) is 0 Å². The summed E-state index contributed by atoms with van der Waals surface area (Å²) in [5, 5.41) is 4.08. The Kier molecular flexibility index (Phi) is 7.51. The number of aryl methyl sites for hydroxylation is 1. The lowest BCUT2D eigenvalue weighted by molar-refractivity contribution is 0.294. The first-order chi connectivity index (χ1) is 17.1. The van der Waals surface area contributed by atoms with Gasteiger partial charge in [-0.15, -0.1) is 0 Å². The van der Waals surface area contributed by atoms with Crippen LogP contribution >= 0.6 is 23.4 Å². The number of benzene rings is 1. The summed E-state index contributed by atoms with van der Waals surface area (Å²) in [5.74, 6) is 4.98. The third-order valence-electron chi connectivity index (χ3n) is 5.70. The molecule has 1 aliphatic rings. The second-order valence-electron chi connectivity index (χ2n) is 8.40. The molecule has 0 radical (unpaired) electrons. The zero-order valence-corrected chi connectivity index (χ0v) is 21.1. The Morgan fingerprint density at radius 1 is 0.943 bits per heavy atom. The molecular formula is C26H26ClN7S. The van der Waals surface area contributed by atoms with Gasteiger partial charge in [0.15, 0.2) is 5.82 Å². The number of halogens is 1. The van der Waals surface area contributed by atoms with Crippen LogP contribution in [0.1, 0.15) is 22.6 Å². The van der Waals surface area contributed by atoms with Crippen molar-refractivity contribution in [3.63, 3.8) is 0 Å². The molecule has 0 bridgehead atoms. The molecular weight excluding hydrogens is 478 g/mol. The minimum Gasteiger partial charge on any atom is -0.325 e. The van der Waals surface area contributed by atoms with Gasteiger partial charge in [-0.2, -0.15) is 11.8 Å². The second-order valence-corrected chi connectivity index (χ2v) is 10.0. The third kappa shape index (κ3) is 6.33. The molecule has 0 atom stereocenters. The molecule has 5 rings (SSSR count). The van der Waals surface area contributed by atoms with E-state index in [-0.39, 0.29) is 0 Å². The number of rotatable bonds is 7. The monoisotopic (exact) mass is 503 g/mol. The number of pyridine rings is 1. The van der Waals surface area contributed by atoms with Crippen LogP contribution in [0.2, 0.25) is 5.02 Å². The number of thioether (sulfide) groups is 1. The van der Waals surface area contributed by atoms with E-state index in [1.807, 2.05) is 61.2 Å². The van der Waals surface area contributed by atoms with Gasteiger partial charge in [0.05, 0.1) is 0 Å². The zero-order valence-electron chi connectivity index (χ0n) is 19.5. The predicted octanol–water partition coefficient (Wildman–Crippen LogP) is 5.17. The summed E-state index contributed by atoms with van der Waals surface area (Å²) >= 11 is 8.52. The van der Waals surface area contributed by atoms with E-state index in [1.165, 1.54) is 11.5 Å². The average molecular weight is 504 g/mol. The van der Waals surface area contributed by atoms with Crippen LogP contribution in [0.3, 0.4) is 0 Å². The fraction of sp³-hybridized carbons (Fsp3) is 0.269. The van der Waals surface area contributed by atoms with Crippen LogP contribution in [-0.4, -0.2) is 54.4 Å². The fourth-order valence-electron chi connectivity index (χ4n) is 3.95. The van der Waals surface area contributed by atoms with Gasteiger partial charge in [-0.3, -0.25) is 4.90 Å². The predicted molar refractivity (Wildman–Crippen MR) is 142 cm³/mol. The molecule has 1 aliphatic heterocycles. The van der Waals surface area contributed by atoms with Crippen molar-refractivity contribution in [1.82, 2.24) is 29.8 Å². The number of anilines is 2. The molecule has 4 aromatic rings. The number of nitrogens with one attached hydrogen (secondary N) is 1. The number of hydrogen-bond donors (Lipinski definition) is 1. The summed E-state index contributed by atoms with van der Waals surface area (Å²) < 4.78 is 0. The molecule has 0 unspecified atom stereocenters. The van der Waals surface area contributed by atoms with Gasteiger partial charge in [0.2, 0.25) is 0 Å². The van der Waals surface area contributed by atoms with Crippen molar-refractivity contribution < 1.29 is 0 Å². The van der Waals surface area contributed by atoms with E-state index >= 15 is 0 Å². The molecule has 0 saturated carbocycles. The summed E-state index contributed by atoms with van der Waals surface area (Å²) in [6, 6.07) is 15.7. The summed E-state index contributed by atoms with van der Waals surface area (Å²) in [4.78, 5) is 25.1. The molecule has 178 valence electrons. The lowest BCUT2D eigenvalue weighted by Crippen LogP contribution is -2.32. The maximum atomic E-state index is 6.51. The van der Waals surface area contributed by atoms with Crippen molar-refractivity contribution in [2.45, 2.75) is 19.9 Å². The molecule has 0 spiro atoms. The maximum Gasteiger partial charge on any atom is 0.180 e. The van der Waals surface area contributed by atoms with E-state index in [2.05, 4.69) is 36.2 Å². The fourth-order valence-corrected chi connectivity index (χ4v) is 5.10. The topological polar surface area (TPSA) is 79.7 Å². The first kappa shape index (κ1) is 23.7. The van der Waals surface area contributed by atoms with E-state index in [0.29, 0.717) is 23.9 Å².